The highest BCUT2D eigenvalue weighted by Crippen LogP contribution is 2.19. The Kier molecular flexibility index (Phi) is 5.33. The van der Waals surface area contributed by atoms with E-state index in [1.165, 1.54) is 0 Å². The van der Waals surface area contributed by atoms with E-state index in [1.54, 1.807) is 6.20 Å². The molecular formula is C16H24N4O. The third-order valence-corrected chi connectivity index (χ3v) is 3.29. The van der Waals surface area contributed by atoms with Gasteiger partial charge in [-0.15, -0.1) is 5.10 Å². The maximum atomic E-state index is 5.86. The first-order valence-electron chi connectivity index (χ1n) is 7.50. The molecule has 1 unspecified atom stereocenters. The zero-order valence-corrected chi connectivity index (χ0v) is 13.2. The van der Waals surface area contributed by atoms with E-state index in [4.69, 9.17) is 4.74 Å². The summed E-state index contributed by atoms with van der Waals surface area (Å²) < 4.78 is 7.71. The Labute approximate surface area is 126 Å². The molecule has 0 aliphatic carbocycles. The molecule has 0 saturated carbocycles. The van der Waals surface area contributed by atoms with Crippen LogP contribution in [0.5, 0.6) is 5.75 Å². The van der Waals surface area contributed by atoms with E-state index in [9.17, 15) is 0 Å². The summed E-state index contributed by atoms with van der Waals surface area (Å²) in [5.74, 6) is 0.861. The average Bonchev–Trinajstić information content (AvgIpc) is 2.93. The number of nitrogens with zero attached hydrogens (tertiary/aromatic N) is 3. The molecule has 5 heteroatoms. The molecule has 21 heavy (non-hydrogen) atoms. The van der Waals surface area contributed by atoms with Gasteiger partial charge in [0.1, 0.15) is 5.75 Å². The van der Waals surface area contributed by atoms with Crippen molar-refractivity contribution in [1.29, 1.82) is 0 Å². The molecular weight excluding hydrogens is 264 g/mol. The van der Waals surface area contributed by atoms with Gasteiger partial charge in [-0.25, -0.2) is 4.68 Å². The van der Waals surface area contributed by atoms with E-state index in [0.717, 1.165) is 30.1 Å². The van der Waals surface area contributed by atoms with Gasteiger partial charge in [0.05, 0.1) is 23.7 Å². The summed E-state index contributed by atoms with van der Waals surface area (Å²) in [6.45, 7) is 9.16. The summed E-state index contributed by atoms with van der Waals surface area (Å²) in [5.41, 5.74) is 2.00. The van der Waals surface area contributed by atoms with Crippen molar-refractivity contribution >= 4 is 0 Å². The van der Waals surface area contributed by atoms with Crippen molar-refractivity contribution in [2.45, 2.75) is 52.8 Å². The maximum absolute atomic E-state index is 5.86. The van der Waals surface area contributed by atoms with Crippen molar-refractivity contribution in [3.63, 3.8) is 0 Å². The fraction of sp³-hybridized carbons (Fsp3) is 0.500. The third kappa shape index (κ3) is 4.29. The molecule has 0 saturated heterocycles. The van der Waals surface area contributed by atoms with E-state index in [2.05, 4.69) is 43.3 Å². The van der Waals surface area contributed by atoms with Crippen LogP contribution in [-0.2, 0) is 6.54 Å². The van der Waals surface area contributed by atoms with Crippen molar-refractivity contribution in [1.82, 2.24) is 20.3 Å². The van der Waals surface area contributed by atoms with Crippen molar-refractivity contribution in [3.8, 4) is 11.4 Å². The van der Waals surface area contributed by atoms with Crippen molar-refractivity contribution < 1.29 is 4.74 Å². The Morgan fingerprint density at radius 1 is 1.29 bits per heavy atom. The quantitative estimate of drug-likeness (QED) is 0.851. The van der Waals surface area contributed by atoms with Gasteiger partial charge >= 0.3 is 0 Å². The standard InChI is InChI=1S/C16H24N4O/c1-5-13(4)21-16-8-6-7-14(9-16)20-15(11-18-19-20)10-17-12(2)3/h6-9,11-13,17H,5,10H2,1-4H3. The van der Waals surface area contributed by atoms with Crippen LogP contribution in [0.3, 0.4) is 0 Å². The van der Waals surface area contributed by atoms with E-state index in [0.29, 0.717) is 6.04 Å². The Morgan fingerprint density at radius 2 is 2.10 bits per heavy atom. The van der Waals surface area contributed by atoms with Crippen LogP contribution in [0.25, 0.3) is 5.69 Å². The molecule has 1 atom stereocenters. The molecule has 114 valence electrons. The minimum Gasteiger partial charge on any atom is -0.491 e. The second-order valence-electron chi connectivity index (χ2n) is 5.51. The van der Waals surface area contributed by atoms with Gasteiger partial charge in [0, 0.05) is 18.7 Å². The highest BCUT2D eigenvalue weighted by atomic mass is 16.5. The molecule has 1 aromatic heterocycles. The van der Waals surface area contributed by atoms with Crippen LogP contribution in [0.1, 0.15) is 39.8 Å². The second-order valence-corrected chi connectivity index (χ2v) is 5.51. The predicted molar refractivity (Wildman–Crippen MR) is 83.7 cm³/mol. The fourth-order valence-corrected chi connectivity index (χ4v) is 1.91. The van der Waals surface area contributed by atoms with Gasteiger partial charge in [-0.05, 0) is 25.5 Å². The van der Waals surface area contributed by atoms with Crippen LogP contribution in [0.15, 0.2) is 30.5 Å². The third-order valence-electron chi connectivity index (χ3n) is 3.29. The largest absolute Gasteiger partial charge is 0.491 e. The molecule has 1 aromatic carbocycles. The van der Waals surface area contributed by atoms with E-state index < -0.39 is 0 Å². The van der Waals surface area contributed by atoms with Crippen LogP contribution in [0.2, 0.25) is 0 Å². The van der Waals surface area contributed by atoms with Gasteiger partial charge in [-0.1, -0.05) is 32.1 Å². The SMILES string of the molecule is CCC(C)Oc1cccc(-n2nncc2CNC(C)C)c1. The van der Waals surface area contributed by atoms with E-state index in [-0.39, 0.29) is 6.10 Å². The summed E-state index contributed by atoms with van der Waals surface area (Å²) in [6.07, 6.45) is 2.98. The number of aromatic nitrogens is 3. The number of hydrogen-bond donors (Lipinski definition) is 1. The van der Waals surface area contributed by atoms with Crippen LogP contribution >= 0.6 is 0 Å². The first kappa shape index (κ1) is 15.5. The topological polar surface area (TPSA) is 52.0 Å². The molecule has 5 nitrogen and oxygen atoms in total. The molecule has 0 aliphatic heterocycles. The monoisotopic (exact) mass is 288 g/mol. The van der Waals surface area contributed by atoms with Crippen LogP contribution in [-0.4, -0.2) is 27.1 Å². The van der Waals surface area contributed by atoms with Crippen molar-refractivity contribution in [2.75, 3.05) is 0 Å². The smallest absolute Gasteiger partial charge is 0.121 e. The maximum Gasteiger partial charge on any atom is 0.121 e. The molecule has 1 heterocycles. The highest BCUT2D eigenvalue weighted by molar-refractivity contribution is 5.39. The molecule has 0 spiro atoms. The van der Waals surface area contributed by atoms with Gasteiger partial charge < -0.3 is 10.1 Å². The second kappa shape index (κ2) is 7.22. The van der Waals surface area contributed by atoms with Crippen molar-refractivity contribution in [2.24, 2.45) is 0 Å². The molecule has 1 N–H and O–H groups in total. The first-order valence-corrected chi connectivity index (χ1v) is 7.50. The van der Waals surface area contributed by atoms with E-state index >= 15 is 0 Å². The van der Waals surface area contributed by atoms with Gasteiger partial charge in [0.15, 0.2) is 0 Å². The lowest BCUT2D eigenvalue weighted by Crippen LogP contribution is -2.23. The summed E-state index contributed by atoms with van der Waals surface area (Å²) >= 11 is 0. The Hall–Kier alpha value is -1.88. The van der Waals surface area contributed by atoms with E-state index in [1.807, 2.05) is 28.9 Å². The van der Waals surface area contributed by atoms with Gasteiger partial charge in [-0.3, -0.25) is 0 Å². The molecule has 2 aromatic rings. The summed E-state index contributed by atoms with van der Waals surface area (Å²) in [6, 6.07) is 8.39. The van der Waals surface area contributed by atoms with Gasteiger partial charge in [0.2, 0.25) is 0 Å². The molecule has 0 bridgehead atoms. The van der Waals surface area contributed by atoms with Gasteiger partial charge in [-0.2, -0.15) is 0 Å². The van der Waals surface area contributed by atoms with Crippen LogP contribution in [0, 0.1) is 0 Å². The minimum atomic E-state index is 0.207. The fourth-order valence-electron chi connectivity index (χ4n) is 1.91. The molecule has 0 aliphatic rings. The molecule has 0 amide bonds. The van der Waals surface area contributed by atoms with Crippen LogP contribution in [0.4, 0.5) is 0 Å². The normalized spacial score (nSPS) is 12.6. The Morgan fingerprint density at radius 3 is 2.81 bits per heavy atom. The Balaban J connectivity index is 2.18. The zero-order valence-electron chi connectivity index (χ0n) is 13.2. The zero-order chi connectivity index (χ0) is 15.2. The molecule has 2 rings (SSSR count). The summed E-state index contributed by atoms with van der Waals surface area (Å²) in [4.78, 5) is 0. The number of ether oxygens (including phenoxy) is 1. The minimum absolute atomic E-state index is 0.207. The predicted octanol–water partition coefficient (Wildman–Crippen LogP) is 2.94. The number of benzene rings is 1. The lowest BCUT2D eigenvalue weighted by atomic mass is 10.2. The number of rotatable bonds is 7. The summed E-state index contributed by atoms with van der Waals surface area (Å²) in [5, 5.41) is 11.6. The lowest BCUT2D eigenvalue weighted by molar-refractivity contribution is 0.217. The summed E-state index contributed by atoms with van der Waals surface area (Å²) in [7, 11) is 0. The molecule has 0 fully saturated rings. The lowest BCUT2D eigenvalue weighted by Gasteiger charge is -2.14. The average molecular weight is 288 g/mol. The Bertz CT molecular complexity index is 565. The van der Waals surface area contributed by atoms with Crippen molar-refractivity contribution in [3.05, 3.63) is 36.2 Å². The number of hydrogen-bond acceptors (Lipinski definition) is 4. The number of nitrogens with one attached hydrogen (secondary N) is 1. The molecule has 0 radical (unpaired) electrons. The highest BCUT2D eigenvalue weighted by Gasteiger charge is 2.08. The van der Waals surface area contributed by atoms with Gasteiger partial charge in [0.25, 0.3) is 0 Å². The van der Waals surface area contributed by atoms with Crippen LogP contribution < -0.4 is 10.1 Å². The first-order chi connectivity index (χ1) is 10.1.